The van der Waals surface area contributed by atoms with Gasteiger partial charge in [0.2, 0.25) is 0 Å². The highest BCUT2D eigenvalue weighted by Crippen LogP contribution is 2.20. The van der Waals surface area contributed by atoms with Gasteiger partial charge in [0, 0.05) is 35.9 Å². The molecule has 1 N–H and O–H groups in total. The lowest BCUT2D eigenvalue weighted by Crippen LogP contribution is -2.35. The molecule has 0 bridgehead atoms. The first-order chi connectivity index (χ1) is 9.01. The van der Waals surface area contributed by atoms with Crippen LogP contribution in [-0.4, -0.2) is 24.5 Å². The molecule has 0 aliphatic carbocycles. The maximum atomic E-state index is 5.35. The van der Waals surface area contributed by atoms with Gasteiger partial charge in [-0.2, -0.15) is 0 Å². The van der Waals surface area contributed by atoms with E-state index in [0.717, 1.165) is 31.9 Å². The molecular formula is C16H27NOS. The van der Waals surface area contributed by atoms with Crippen molar-refractivity contribution in [2.75, 3.05) is 19.0 Å². The molecule has 0 atom stereocenters. The maximum absolute atomic E-state index is 5.35. The summed E-state index contributed by atoms with van der Waals surface area (Å²) in [6.45, 7) is 11.2. The van der Waals surface area contributed by atoms with E-state index in [1.165, 1.54) is 10.5 Å². The van der Waals surface area contributed by atoms with Gasteiger partial charge in [0.25, 0.3) is 0 Å². The minimum atomic E-state index is 0.167. The van der Waals surface area contributed by atoms with E-state index in [0.29, 0.717) is 0 Å². The molecule has 0 aromatic heterocycles. The van der Waals surface area contributed by atoms with Gasteiger partial charge in [-0.1, -0.05) is 12.1 Å². The van der Waals surface area contributed by atoms with Crippen LogP contribution in [0.1, 0.15) is 39.7 Å². The summed E-state index contributed by atoms with van der Waals surface area (Å²) in [4.78, 5) is 1.35. The first-order valence-electron chi connectivity index (χ1n) is 7.06. The largest absolute Gasteiger partial charge is 0.382 e. The Kier molecular flexibility index (Phi) is 7.51. The zero-order chi connectivity index (χ0) is 14.1. The number of hydrogen-bond acceptors (Lipinski definition) is 3. The normalized spacial score (nSPS) is 11.8. The molecule has 0 aliphatic heterocycles. The van der Waals surface area contributed by atoms with Crippen LogP contribution < -0.4 is 5.32 Å². The van der Waals surface area contributed by atoms with Crippen LogP contribution in [0.15, 0.2) is 29.2 Å². The van der Waals surface area contributed by atoms with Crippen LogP contribution in [0.2, 0.25) is 0 Å². The second-order valence-electron chi connectivity index (χ2n) is 5.65. The van der Waals surface area contributed by atoms with Crippen LogP contribution in [0, 0.1) is 0 Å². The molecule has 0 spiro atoms. The molecule has 3 heteroatoms. The van der Waals surface area contributed by atoms with Gasteiger partial charge in [-0.25, -0.2) is 0 Å². The number of rotatable bonds is 8. The van der Waals surface area contributed by atoms with Crippen molar-refractivity contribution >= 4 is 11.8 Å². The van der Waals surface area contributed by atoms with Crippen molar-refractivity contribution in [3.63, 3.8) is 0 Å². The van der Waals surface area contributed by atoms with Crippen molar-refractivity contribution in [1.29, 1.82) is 0 Å². The molecule has 0 aliphatic rings. The topological polar surface area (TPSA) is 21.3 Å². The fraction of sp³-hybridized carbons (Fsp3) is 0.625. The van der Waals surface area contributed by atoms with E-state index < -0.39 is 0 Å². The monoisotopic (exact) mass is 281 g/mol. The van der Waals surface area contributed by atoms with E-state index in [1.54, 1.807) is 0 Å². The van der Waals surface area contributed by atoms with Crippen molar-refractivity contribution in [1.82, 2.24) is 5.32 Å². The lowest BCUT2D eigenvalue weighted by molar-refractivity contribution is 0.149. The van der Waals surface area contributed by atoms with E-state index >= 15 is 0 Å². The molecule has 0 radical (unpaired) electrons. The van der Waals surface area contributed by atoms with Gasteiger partial charge < -0.3 is 10.1 Å². The molecule has 0 unspecified atom stereocenters. The molecule has 0 heterocycles. The predicted octanol–water partition coefficient (Wildman–Crippen LogP) is 4.09. The minimum Gasteiger partial charge on any atom is -0.382 e. The summed E-state index contributed by atoms with van der Waals surface area (Å²) in [6.07, 6.45) is 1.11. The third-order valence-corrected chi connectivity index (χ3v) is 3.71. The van der Waals surface area contributed by atoms with Crippen molar-refractivity contribution in [2.45, 2.75) is 51.1 Å². The molecule has 0 saturated carbocycles. The summed E-state index contributed by atoms with van der Waals surface area (Å²) < 4.78 is 5.35. The molecule has 1 aromatic rings. The lowest BCUT2D eigenvalue weighted by Gasteiger charge is -2.20. The molecule has 0 fully saturated rings. The van der Waals surface area contributed by atoms with Crippen molar-refractivity contribution in [3.05, 3.63) is 29.8 Å². The third-order valence-electron chi connectivity index (χ3n) is 2.63. The highest BCUT2D eigenvalue weighted by atomic mass is 32.2. The summed E-state index contributed by atoms with van der Waals surface area (Å²) in [7, 11) is 0. The average molecular weight is 281 g/mol. The van der Waals surface area contributed by atoms with Crippen molar-refractivity contribution in [2.24, 2.45) is 0 Å². The smallest absolute Gasteiger partial charge is 0.0473 e. The Morgan fingerprint density at radius 2 is 2.05 bits per heavy atom. The lowest BCUT2D eigenvalue weighted by atomic mass is 10.1. The number of ether oxygens (including phenoxy) is 1. The van der Waals surface area contributed by atoms with Crippen molar-refractivity contribution in [3.8, 4) is 0 Å². The Morgan fingerprint density at radius 1 is 1.26 bits per heavy atom. The Morgan fingerprint density at radius 3 is 2.74 bits per heavy atom. The van der Waals surface area contributed by atoms with Gasteiger partial charge in [0.05, 0.1) is 0 Å². The standard InChI is InChI=1S/C16H27NOS/c1-5-18-10-7-11-19-15-9-6-8-14(12-15)13-17-16(2,3)4/h6,8-9,12,17H,5,7,10-11,13H2,1-4H3. The predicted molar refractivity (Wildman–Crippen MR) is 84.9 cm³/mol. The van der Waals surface area contributed by atoms with Gasteiger partial charge >= 0.3 is 0 Å². The molecule has 0 amide bonds. The number of thioether (sulfide) groups is 1. The third kappa shape index (κ3) is 8.30. The summed E-state index contributed by atoms with van der Waals surface area (Å²) in [5, 5.41) is 3.52. The van der Waals surface area contributed by atoms with Crippen LogP contribution >= 0.6 is 11.8 Å². The van der Waals surface area contributed by atoms with Crippen LogP contribution in [0.4, 0.5) is 0 Å². The fourth-order valence-electron chi connectivity index (χ4n) is 1.61. The van der Waals surface area contributed by atoms with E-state index in [1.807, 2.05) is 18.7 Å². The SMILES string of the molecule is CCOCCCSc1cccc(CNC(C)(C)C)c1. The van der Waals surface area contributed by atoms with Crippen LogP contribution in [0.5, 0.6) is 0 Å². The Balaban J connectivity index is 2.35. The number of nitrogens with one attached hydrogen (secondary N) is 1. The molecule has 0 saturated heterocycles. The summed E-state index contributed by atoms with van der Waals surface area (Å²) >= 11 is 1.91. The molecule has 1 rings (SSSR count). The quantitative estimate of drug-likeness (QED) is 0.573. The van der Waals surface area contributed by atoms with Crippen LogP contribution in [-0.2, 0) is 11.3 Å². The Hall–Kier alpha value is -0.510. The van der Waals surface area contributed by atoms with Crippen molar-refractivity contribution < 1.29 is 4.74 Å². The number of hydrogen-bond donors (Lipinski definition) is 1. The minimum absolute atomic E-state index is 0.167. The second-order valence-corrected chi connectivity index (χ2v) is 6.82. The number of benzene rings is 1. The van der Waals surface area contributed by atoms with Crippen LogP contribution in [0.3, 0.4) is 0 Å². The highest BCUT2D eigenvalue weighted by molar-refractivity contribution is 7.99. The summed E-state index contributed by atoms with van der Waals surface area (Å²) in [5.74, 6) is 1.12. The van der Waals surface area contributed by atoms with Crippen LogP contribution in [0.25, 0.3) is 0 Å². The maximum Gasteiger partial charge on any atom is 0.0473 e. The van der Waals surface area contributed by atoms with E-state index in [-0.39, 0.29) is 5.54 Å². The summed E-state index contributed by atoms with van der Waals surface area (Å²) in [5.41, 5.74) is 1.52. The molecule has 108 valence electrons. The first-order valence-corrected chi connectivity index (χ1v) is 8.04. The zero-order valence-electron chi connectivity index (χ0n) is 12.7. The molecule has 2 nitrogen and oxygen atoms in total. The average Bonchev–Trinajstić information content (AvgIpc) is 2.36. The highest BCUT2D eigenvalue weighted by Gasteiger charge is 2.08. The van der Waals surface area contributed by atoms with E-state index in [9.17, 15) is 0 Å². The zero-order valence-corrected chi connectivity index (χ0v) is 13.5. The van der Waals surface area contributed by atoms with E-state index in [4.69, 9.17) is 4.74 Å². The Bertz CT molecular complexity index is 360. The second kappa shape index (κ2) is 8.62. The molecule has 19 heavy (non-hydrogen) atoms. The van der Waals surface area contributed by atoms with Gasteiger partial charge in [-0.15, -0.1) is 11.8 Å². The Labute approximate surface area is 122 Å². The fourth-order valence-corrected chi connectivity index (χ4v) is 2.52. The van der Waals surface area contributed by atoms with Gasteiger partial charge in [0.15, 0.2) is 0 Å². The van der Waals surface area contributed by atoms with Gasteiger partial charge in [-0.05, 0) is 51.8 Å². The van der Waals surface area contributed by atoms with E-state index in [2.05, 4.69) is 50.4 Å². The summed E-state index contributed by atoms with van der Waals surface area (Å²) in [6, 6.07) is 8.80. The molecular weight excluding hydrogens is 254 g/mol. The van der Waals surface area contributed by atoms with Gasteiger partial charge in [0.1, 0.15) is 0 Å². The van der Waals surface area contributed by atoms with Gasteiger partial charge in [-0.3, -0.25) is 0 Å². The molecule has 1 aromatic carbocycles. The first kappa shape index (κ1) is 16.5.